The van der Waals surface area contributed by atoms with Gasteiger partial charge >= 0.3 is 5.97 Å². The number of carbonyl (C=O) groups is 1. The van der Waals surface area contributed by atoms with Gasteiger partial charge in [0.25, 0.3) is 0 Å². The summed E-state index contributed by atoms with van der Waals surface area (Å²) in [5.41, 5.74) is 0. The van der Waals surface area contributed by atoms with Crippen molar-refractivity contribution in [3.63, 3.8) is 0 Å². The van der Waals surface area contributed by atoms with E-state index in [1.165, 1.54) is 25.7 Å². The van der Waals surface area contributed by atoms with Crippen LogP contribution >= 0.6 is 0 Å². The van der Waals surface area contributed by atoms with Crippen molar-refractivity contribution in [2.75, 3.05) is 26.4 Å². The lowest BCUT2D eigenvalue weighted by Crippen LogP contribution is -2.28. The minimum absolute atomic E-state index is 0.119. The lowest BCUT2D eigenvalue weighted by molar-refractivity contribution is -0.150. The van der Waals surface area contributed by atoms with E-state index in [1.54, 1.807) is 0 Å². The molecule has 1 unspecified atom stereocenters. The van der Waals surface area contributed by atoms with Gasteiger partial charge in [0.05, 0.1) is 6.61 Å². The van der Waals surface area contributed by atoms with Crippen molar-refractivity contribution in [1.82, 2.24) is 0 Å². The lowest BCUT2D eigenvalue weighted by Gasteiger charge is -2.18. The van der Waals surface area contributed by atoms with E-state index in [0.29, 0.717) is 26.2 Å². The summed E-state index contributed by atoms with van der Waals surface area (Å²) in [5.74, 6) is -0.119. The van der Waals surface area contributed by atoms with Crippen LogP contribution in [0.4, 0.5) is 0 Å². The van der Waals surface area contributed by atoms with E-state index in [4.69, 9.17) is 14.2 Å². The first-order valence-corrected chi connectivity index (χ1v) is 9.59. The first-order chi connectivity index (χ1) is 11.2. The molecule has 4 nitrogen and oxygen atoms in total. The van der Waals surface area contributed by atoms with Gasteiger partial charge in [-0.3, -0.25) is 4.79 Å². The third-order valence-electron chi connectivity index (χ3n) is 3.71. The van der Waals surface area contributed by atoms with Crippen molar-refractivity contribution < 1.29 is 19.0 Å². The van der Waals surface area contributed by atoms with E-state index in [-0.39, 0.29) is 12.1 Å². The van der Waals surface area contributed by atoms with Crippen molar-refractivity contribution >= 4 is 5.97 Å². The molecule has 0 aliphatic heterocycles. The van der Waals surface area contributed by atoms with E-state index in [1.807, 2.05) is 0 Å². The molecule has 0 aliphatic rings. The van der Waals surface area contributed by atoms with Crippen LogP contribution in [0, 0.1) is 0 Å². The minimum atomic E-state index is -0.136. The molecule has 0 rings (SSSR count). The summed E-state index contributed by atoms with van der Waals surface area (Å²) in [6.45, 7) is 8.77. The zero-order valence-corrected chi connectivity index (χ0v) is 15.6. The maximum Gasteiger partial charge on any atom is 0.305 e. The highest BCUT2D eigenvalue weighted by molar-refractivity contribution is 5.69. The summed E-state index contributed by atoms with van der Waals surface area (Å²) in [6, 6.07) is 0. The largest absolute Gasteiger partial charge is 0.463 e. The number of esters is 1. The van der Waals surface area contributed by atoms with Gasteiger partial charge in [-0.05, 0) is 19.3 Å². The molecule has 4 heteroatoms. The molecule has 0 aliphatic carbocycles. The Labute approximate surface area is 143 Å². The Hall–Kier alpha value is -0.610. The Morgan fingerprint density at radius 1 is 0.783 bits per heavy atom. The van der Waals surface area contributed by atoms with Gasteiger partial charge in [0.15, 0.2) is 0 Å². The van der Waals surface area contributed by atoms with Crippen LogP contribution in [0.5, 0.6) is 0 Å². The zero-order valence-electron chi connectivity index (χ0n) is 15.6. The van der Waals surface area contributed by atoms with Crippen molar-refractivity contribution in [2.24, 2.45) is 0 Å². The highest BCUT2D eigenvalue weighted by Gasteiger charge is 2.13. The number of carbonyl (C=O) groups excluding carboxylic acids is 1. The molecule has 0 heterocycles. The summed E-state index contributed by atoms with van der Waals surface area (Å²) < 4.78 is 16.8. The van der Waals surface area contributed by atoms with Crippen LogP contribution in [0.15, 0.2) is 0 Å². The summed E-state index contributed by atoms with van der Waals surface area (Å²) in [7, 11) is 0. The summed E-state index contributed by atoms with van der Waals surface area (Å²) >= 11 is 0. The number of ether oxygens (including phenoxy) is 3. The number of hydrogen-bond acceptors (Lipinski definition) is 4. The van der Waals surface area contributed by atoms with E-state index < -0.39 is 0 Å². The highest BCUT2D eigenvalue weighted by atomic mass is 16.6. The topological polar surface area (TPSA) is 44.8 Å². The zero-order chi connectivity index (χ0) is 17.2. The van der Waals surface area contributed by atoms with Gasteiger partial charge in [-0.1, -0.05) is 59.3 Å². The molecule has 1 atom stereocenters. The Morgan fingerprint density at radius 2 is 1.39 bits per heavy atom. The molecule has 0 aromatic rings. The molecule has 0 aromatic heterocycles. The second-order valence-corrected chi connectivity index (χ2v) is 6.12. The number of hydrogen-bond donors (Lipinski definition) is 0. The Morgan fingerprint density at radius 3 is 2.04 bits per heavy atom. The van der Waals surface area contributed by atoms with Crippen molar-refractivity contribution in [1.29, 1.82) is 0 Å². The maximum absolute atomic E-state index is 11.7. The van der Waals surface area contributed by atoms with Crippen LogP contribution in [-0.2, 0) is 19.0 Å². The van der Waals surface area contributed by atoms with Crippen LogP contribution in [0.1, 0.15) is 85.0 Å². The molecule has 0 fully saturated rings. The fourth-order valence-electron chi connectivity index (χ4n) is 2.19. The predicted octanol–water partition coefficient (Wildman–Crippen LogP) is 4.89. The minimum Gasteiger partial charge on any atom is -0.463 e. The molecular weight excluding hydrogens is 292 g/mol. The van der Waals surface area contributed by atoms with Crippen LogP contribution in [-0.4, -0.2) is 38.5 Å². The van der Waals surface area contributed by atoms with Gasteiger partial charge in [-0.25, -0.2) is 0 Å². The van der Waals surface area contributed by atoms with Crippen molar-refractivity contribution in [3.05, 3.63) is 0 Å². The van der Waals surface area contributed by atoms with E-state index in [0.717, 1.165) is 38.7 Å². The number of unbranched alkanes of at least 4 members (excludes halogenated alkanes) is 6. The van der Waals surface area contributed by atoms with E-state index >= 15 is 0 Å². The van der Waals surface area contributed by atoms with Gasteiger partial charge in [0, 0.05) is 19.6 Å². The average Bonchev–Trinajstić information content (AvgIpc) is 2.55. The van der Waals surface area contributed by atoms with Gasteiger partial charge in [0.1, 0.15) is 12.7 Å². The Balaban J connectivity index is 3.91. The summed E-state index contributed by atoms with van der Waals surface area (Å²) in [6.07, 6.45) is 10.3. The molecule has 0 saturated carbocycles. The molecule has 0 spiro atoms. The second kappa shape index (κ2) is 17.7. The van der Waals surface area contributed by atoms with Crippen molar-refractivity contribution in [2.45, 2.75) is 91.1 Å². The average molecular weight is 331 g/mol. The van der Waals surface area contributed by atoms with Gasteiger partial charge in [0.2, 0.25) is 0 Å². The van der Waals surface area contributed by atoms with Crippen LogP contribution in [0.25, 0.3) is 0 Å². The van der Waals surface area contributed by atoms with Gasteiger partial charge in [-0.15, -0.1) is 0 Å². The highest BCUT2D eigenvalue weighted by Crippen LogP contribution is 2.05. The number of rotatable bonds is 17. The SMILES string of the molecule is CCCCCOCC(COC(=O)CCCCC)OCCCCC. The molecular formula is C19H38O4. The Kier molecular flexibility index (Phi) is 17.3. The quantitative estimate of drug-likeness (QED) is 0.281. The summed E-state index contributed by atoms with van der Waals surface area (Å²) in [4.78, 5) is 11.7. The van der Waals surface area contributed by atoms with Gasteiger partial charge < -0.3 is 14.2 Å². The molecule has 23 heavy (non-hydrogen) atoms. The molecule has 0 radical (unpaired) electrons. The molecule has 0 N–H and O–H groups in total. The van der Waals surface area contributed by atoms with Crippen LogP contribution in [0.3, 0.4) is 0 Å². The smallest absolute Gasteiger partial charge is 0.305 e. The molecule has 0 amide bonds. The first kappa shape index (κ1) is 22.4. The monoisotopic (exact) mass is 330 g/mol. The molecule has 0 aromatic carbocycles. The second-order valence-electron chi connectivity index (χ2n) is 6.12. The van der Waals surface area contributed by atoms with E-state index in [9.17, 15) is 4.79 Å². The molecule has 0 bridgehead atoms. The molecule has 138 valence electrons. The first-order valence-electron chi connectivity index (χ1n) is 9.59. The lowest BCUT2D eigenvalue weighted by atomic mass is 10.2. The van der Waals surface area contributed by atoms with Crippen molar-refractivity contribution in [3.8, 4) is 0 Å². The van der Waals surface area contributed by atoms with Crippen LogP contribution in [0.2, 0.25) is 0 Å². The predicted molar refractivity (Wildman–Crippen MR) is 94.7 cm³/mol. The standard InChI is InChI=1S/C19H38O4/c1-4-7-10-13-19(20)23-17-18(22-15-12-9-6-3)16-21-14-11-8-5-2/h18H,4-17H2,1-3H3. The fraction of sp³-hybridized carbons (Fsp3) is 0.947. The fourth-order valence-corrected chi connectivity index (χ4v) is 2.19. The maximum atomic E-state index is 11.7. The van der Waals surface area contributed by atoms with E-state index in [2.05, 4.69) is 20.8 Å². The third-order valence-corrected chi connectivity index (χ3v) is 3.71. The molecule has 0 saturated heterocycles. The Bertz CT molecular complexity index is 256. The summed E-state index contributed by atoms with van der Waals surface area (Å²) in [5, 5.41) is 0. The third kappa shape index (κ3) is 16.0. The van der Waals surface area contributed by atoms with Gasteiger partial charge in [-0.2, -0.15) is 0 Å². The normalized spacial score (nSPS) is 12.3. The van der Waals surface area contributed by atoms with Crippen LogP contribution < -0.4 is 0 Å².